The van der Waals surface area contributed by atoms with Crippen molar-refractivity contribution < 1.29 is 9.72 Å². The van der Waals surface area contributed by atoms with Gasteiger partial charge in [-0.25, -0.2) is 0 Å². The minimum atomic E-state index is -0.693. The maximum absolute atomic E-state index is 11.2. The van der Waals surface area contributed by atoms with Crippen LogP contribution in [-0.2, 0) is 4.79 Å². The smallest absolute Gasteiger partial charge is 0.269 e. The Hall–Kier alpha value is -1.74. The topological polar surface area (TPSA) is 84.0 Å². The van der Waals surface area contributed by atoms with Crippen LogP contribution in [0.3, 0.4) is 0 Å². The van der Waals surface area contributed by atoms with Crippen LogP contribution in [0.1, 0.15) is 22.9 Å². The number of nitro groups is 1. The van der Waals surface area contributed by atoms with Gasteiger partial charge in [0.2, 0.25) is 0 Å². The van der Waals surface area contributed by atoms with E-state index in [1.54, 1.807) is 0 Å². The molecule has 0 aliphatic rings. The summed E-state index contributed by atoms with van der Waals surface area (Å²) >= 11 is 3.10. The van der Waals surface area contributed by atoms with Gasteiger partial charge in [-0.2, -0.15) is 5.26 Å². The molecule has 1 aromatic carbocycles. The van der Waals surface area contributed by atoms with Crippen LogP contribution in [0.15, 0.2) is 18.2 Å². The molecule has 6 heteroatoms. The molecule has 0 N–H and O–H groups in total. The highest BCUT2D eigenvalue weighted by Gasteiger charge is 2.19. The summed E-state index contributed by atoms with van der Waals surface area (Å²) in [5.74, 6) is -0.211. The lowest BCUT2D eigenvalue weighted by Gasteiger charge is -2.07. The zero-order valence-corrected chi connectivity index (χ0v) is 9.89. The number of halogens is 1. The van der Waals surface area contributed by atoms with Crippen molar-refractivity contribution in [3.63, 3.8) is 0 Å². The lowest BCUT2D eigenvalue weighted by atomic mass is 10.0. The Labute approximate surface area is 100.0 Å². The van der Waals surface area contributed by atoms with E-state index < -0.39 is 9.75 Å². The van der Waals surface area contributed by atoms with Gasteiger partial charge in [0.1, 0.15) is 5.78 Å². The largest absolute Gasteiger partial charge is 0.298 e. The molecule has 0 radical (unpaired) electrons. The third kappa shape index (κ3) is 2.44. The molecule has 0 saturated carbocycles. The molecule has 1 atom stereocenters. The second kappa shape index (κ2) is 4.86. The summed E-state index contributed by atoms with van der Waals surface area (Å²) in [6, 6.07) is 5.70. The van der Waals surface area contributed by atoms with Gasteiger partial charge >= 0.3 is 0 Å². The number of hydrogen-bond donors (Lipinski definition) is 0. The first-order chi connectivity index (χ1) is 7.47. The predicted molar refractivity (Wildman–Crippen MR) is 60.2 cm³/mol. The van der Waals surface area contributed by atoms with Gasteiger partial charge in [-0.05, 0) is 18.6 Å². The summed E-state index contributed by atoms with van der Waals surface area (Å²) in [6.45, 7) is 1.35. The van der Waals surface area contributed by atoms with Crippen molar-refractivity contribution in [1.29, 1.82) is 5.26 Å². The number of benzene rings is 1. The molecule has 5 nitrogen and oxygen atoms in total. The van der Waals surface area contributed by atoms with Crippen LogP contribution in [0.4, 0.5) is 5.69 Å². The maximum Gasteiger partial charge on any atom is 0.269 e. The number of carbonyl (C=O) groups is 1. The van der Waals surface area contributed by atoms with Gasteiger partial charge in [0.05, 0.1) is 21.4 Å². The van der Waals surface area contributed by atoms with Crippen molar-refractivity contribution >= 4 is 27.4 Å². The molecule has 1 aromatic rings. The molecule has 16 heavy (non-hydrogen) atoms. The van der Waals surface area contributed by atoms with E-state index in [4.69, 9.17) is 5.26 Å². The van der Waals surface area contributed by atoms with E-state index >= 15 is 0 Å². The number of non-ortho nitro benzene ring substituents is 1. The van der Waals surface area contributed by atoms with Crippen molar-refractivity contribution in [2.45, 2.75) is 11.8 Å². The van der Waals surface area contributed by atoms with Crippen molar-refractivity contribution in [1.82, 2.24) is 0 Å². The molecule has 0 bridgehead atoms. The summed E-state index contributed by atoms with van der Waals surface area (Å²) in [6.07, 6.45) is 0. The summed E-state index contributed by atoms with van der Waals surface area (Å²) < 4.78 is 0. The minimum Gasteiger partial charge on any atom is -0.298 e. The summed E-state index contributed by atoms with van der Waals surface area (Å²) in [4.78, 5) is 20.5. The number of alkyl halides is 1. The molecular weight excluding hydrogens is 276 g/mol. The van der Waals surface area contributed by atoms with Crippen molar-refractivity contribution in [3.05, 3.63) is 39.4 Å². The van der Waals surface area contributed by atoms with Gasteiger partial charge in [0.15, 0.2) is 0 Å². The minimum absolute atomic E-state index is 0.139. The molecule has 1 rings (SSSR count). The van der Waals surface area contributed by atoms with E-state index in [1.807, 2.05) is 6.07 Å². The Morgan fingerprint density at radius 3 is 2.69 bits per heavy atom. The fourth-order valence-electron chi connectivity index (χ4n) is 1.19. The van der Waals surface area contributed by atoms with Crippen LogP contribution in [-0.4, -0.2) is 10.7 Å². The normalized spacial score (nSPS) is 11.6. The van der Waals surface area contributed by atoms with E-state index in [-0.39, 0.29) is 17.0 Å². The van der Waals surface area contributed by atoms with E-state index in [1.165, 1.54) is 25.1 Å². The first kappa shape index (κ1) is 12.3. The van der Waals surface area contributed by atoms with Crippen LogP contribution >= 0.6 is 15.9 Å². The molecule has 1 unspecified atom stereocenters. The Morgan fingerprint density at radius 1 is 1.62 bits per heavy atom. The van der Waals surface area contributed by atoms with Gasteiger partial charge < -0.3 is 0 Å². The molecule has 82 valence electrons. The van der Waals surface area contributed by atoms with Crippen molar-refractivity contribution in [2.24, 2.45) is 0 Å². The van der Waals surface area contributed by atoms with E-state index in [2.05, 4.69) is 15.9 Å². The number of nitro benzene ring substituents is 1. The molecule has 0 amide bonds. The number of nitriles is 1. The molecule has 0 fully saturated rings. The van der Waals surface area contributed by atoms with Crippen LogP contribution in [0.25, 0.3) is 0 Å². The first-order valence-electron chi connectivity index (χ1n) is 4.30. The van der Waals surface area contributed by atoms with Crippen LogP contribution in [0.2, 0.25) is 0 Å². The Kier molecular flexibility index (Phi) is 3.74. The first-order valence-corrected chi connectivity index (χ1v) is 5.22. The second-order valence-corrected chi connectivity index (χ2v) is 4.03. The number of Topliss-reactive ketones (excluding diaryl/α,β-unsaturated/α-hetero) is 1. The standard InChI is InChI=1S/C10H7BrN2O3/c1-6(14)10(11)9-4-8(13(15)16)3-2-7(9)5-12/h2-4,10H,1H3. The lowest BCUT2D eigenvalue weighted by molar-refractivity contribution is -0.384. The number of hydrogen-bond acceptors (Lipinski definition) is 4. The van der Waals surface area contributed by atoms with Gasteiger partial charge in [-0.1, -0.05) is 15.9 Å². The highest BCUT2D eigenvalue weighted by Crippen LogP contribution is 2.29. The highest BCUT2D eigenvalue weighted by atomic mass is 79.9. The fourth-order valence-corrected chi connectivity index (χ4v) is 1.57. The van der Waals surface area contributed by atoms with E-state index in [0.29, 0.717) is 5.56 Å². The SMILES string of the molecule is CC(=O)C(Br)c1cc([N+](=O)[O-])ccc1C#N. The van der Waals surface area contributed by atoms with Gasteiger partial charge in [0.25, 0.3) is 5.69 Å². The van der Waals surface area contributed by atoms with Crippen molar-refractivity contribution in [2.75, 3.05) is 0 Å². The number of rotatable bonds is 3. The highest BCUT2D eigenvalue weighted by molar-refractivity contribution is 9.09. The fraction of sp³-hybridized carbons (Fsp3) is 0.200. The monoisotopic (exact) mass is 282 g/mol. The van der Waals surface area contributed by atoms with Gasteiger partial charge in [-0.15, -0.1) is 0 Å². The molecule has 0 saturated heterocycles. The molecule has 0 spiro atoms. The van der Waals surface area contributed by atoms with Gasteiger partial charge in [0, 0.05) is 12.1 Å². The van der Waals surface area contributed by atoms with Crippen LogP contribution in [0, 0.1) is 21.4 Å². The lowest BCUT2D eigenvalue weighted by Crippen LogP contribution is -2.04. The van der Waals surface area contributed by atoms with Crippen LogP contribution in [0.5, 0.6) is 0 Å². The third-order valence-corrected chi connectivity index (χ3v) is 3.13. The average Bonchev–Trinajstić information content (AvgIpc) is 2.26. The summed E-state index contributed by atoms with van der Waals surface area (Å²) in [7, 11) is 0. The molecule has 0 aliphatic carbocycles. The van der Waals surface area contributed by atoms with Crippen LogP contribution < -0.4 is 0 Å². The van der Waals surface area contributed by atoms with E-state index in [0.717, 1.165) is 0 Å². The van der Waals surface area contributed by atoms with E-state index in [9.17, 15) is 14.9 Å². The molecule has 0 aromatic heterocycles. The number of ketones is 1. The molecule has 0 aliphatic heterocycles. The Morgan fingerprint density at radius 2 is 2.25 bits per heavy atom. The Bertz CT molecular complexity index is 493. The second-order valence-electron chi connectivity index (χ2n) is 3.11. The maximum atomic E-state index is 11.2. The van der Waals surface area contributed by atoms with Gasteiger partial charge in [-0.3, -0.25) is 14.9 Å². The molecule has 0 heterocycles. The number of carbonyl (C=O) groups excluding carboxylic acids is 1. The third-order valence-electron chi connectivity index (χ3n) is 2.00. The van der Waals surface area contributed by atoms with Crippen molar-refractivity contribution in [3.8, 4) is 6.07 Å². The Balaban J connectivity index is 3.34. The summed E-state index contributed by atoms with van der Waals surface area (Å²) in [5.41, 5.74) is 0.437. The zero-order valence-electron chi connectivity index (χ0n) is 8.31. The summed E-state index contributed by atoms with van der Waals surface area (Å²) in [5, 5.41) is 19.4. The number of nitrogens with zero attached hydrogens (tertiary/aromatic N) is 2. The average molecular weight is 283 g/mol. The zero-order chi connectivity index (χ0) is 12.3. The predicted octanol–water partition coefficient (Wildman–Crippen LogP) is 2.49. The molecular formula is C10H7BrN2O3. The quantitative estimate of drug-likeness (QED) is 0.484.